The van der Waals surface area contributed by atoms with E-state index in [1.54, 1.807) is 0 Å². The molecule has 0 radical (unpaired) electrons. The molecular weight excluding hydrogens is 334 g/mol. The van der Waals surface area contributed by atoms with Crippen LogP contribution in [0.3, 0.4) is 0 Å². The summed E-state index contributed by atoms with van der Waals surface area (Å²) in [5, 5.41) is 3.15. The highest BCUT2D eigenvalue weighted by molar-refractivity contribution is 9.10. The lowest BCUT2D eigenvalue weighted by molar-refractivity contribution is 0.0896. The zero-order valence-corrected chi connectivity index (χ0v) is 14.4. The summed E-state index contributed by atoms with van der Waals surface area (Å²) >= 11 is 3.59. The van der Waals surface area contributed by atoms with E-state index in [2.05, 4.69) is 27.3 Å². The number of hydrogen-bond donors (Lipinski definition) is 1. The van der Waals surface area contributed by atoms with Gasteiger partial charge in [-0.3, -0.25) is 0 Å². The van der Waals surface area contributed by atoms with Crippen LogP contribution in [-0.4, -0.2) is 33.0 Å². The standard InChI is InChI=1S/C16H24BrNO3/c1-3-19-15-10-12(11-18-2)9-14(17)16(15)21-8-6-13-5-4-7-20-13/h9-10,13,18H,3-8,11H2,1-2H3. The molecule has 5 heteroatoms. The number of benzene rings is 1. The largest absolute Gasteiger partial charge is 0.490 e. The van der Waals surface area contributed by atoms with Crippen LogP contribution in [0.5, 0.6) is 11.5 Å². The van der Waals surface area contributed by atoms with Crippen molar-refractivity contribution in [2.24, 2.45) is 0 Å². The summed E-state index contributed by atoms with van der Waals surface area (Å²) in [6.45, 7) is 4.94. The third-order valence-corrected chi connectivity index (χ3v) is 4.05. The normalized spacial score (nSPS) is 18.0. The van der Waals surface area contributed by atoms with Crippen molar-refractivity contribution in [1.29, 1.82) is 0 Å². The first kappa shape index (κ1) is 16.6. The predicted molar refractivity (Wildman–Crippen MR) is 87.2 cm³/mol. The van der Waals surface area contributed by atoms with Gasteiger partial charge in [0, 0.05) is 19.6 Å². The van der Waals surface area contributed by atoms with E-state index in [0.29, 0.717) is 19.3 Å². The Kier molecular flexibility index (Phi) is 6.80. The SMILES string of the molecule is CCOc1cc(CNC)cc(Br)c1OCCC1CCCO1. The molecule has 0 aliphatic carbocycles. The molecule has 1 fully saturated rings. The second-order valence-corrected chi connectivity index (χ2v) is 5.99. The van der Waals surface area contributed by atoms with Crippen molar-refractivity contribution in [3.05, 3.63) is 22.2 Å². The number of halogens is 1. The Morgan fingerprint density at radius 3 is 2.90 bits per heavy atom. The lowest BCUT2D eigenvalue weighted by Gasteiger charge is -2.16. The van der Waals surface area contributed by atoms with Crippen LogP contribution in [0.1, 0.15) is 31.7 Å². The van der Waals surface area contributed by atoms with E-state index >= 15 is 0 Å². The average molecular weight is 358 g/mol. The van der Waals surface area contributed by atoms with Crippen LogP contribution >= 0.6 is 15.9 Å². The zero-order chi connectivity index (χ0) is 15.1. The molecule has 1 saturated heterocycles. The molecule has 1 heterocycles. The Morgan fingerprint density at radius 1 is 1.38 bits per heavy atom. The maximum Gasteiger partial charge on any atom is 0.175 e. The van der Waals surface area contributed by atoms with Crippen LogP contribution < -0.4 is 14.8 Å². The highest BCUT2D eigenvalue weighted by Crippen LogP contribution is 2.37. The van der Waals surface area contributed by atoms with E-state index in [-0.39, 0.29) is 0 Å². The lowest BCUT2D eigenvalue weighted by atomic mass is 10.2. The third-order valence-electron chi connectivity index (χ3n) is 3.46. The molecule has 0 bridgehead atoms. The summed E-state index contributed by atoms with van der Waals surface area (Å²) in [7, 11) is 1.93. The van der Waals surface area contributed by atoms with Gasteiger partial charge in [0.2, 0.25) is 0 Å². The molecule has 21 heavy (non-hydrogen) atoms. The van der Waals surface area contributed by atoms with E-state index in [9.17, 15) is 0 Å². The van der Waals surface area contributed by atoms with E-state index in [0.717, 1.165) is 48.4 Å². The molecule has 1 N–H and O–H groups in total. The van der Waals surface area contributed by atoms with Gasteiger partial charge >= 0.3 is 0 Å². The van der Waals surface area contributed by atoms with Crippen LogP contribution in [-0.2, 0) is 11.3 Å². The summed E-state index contributed by atoms with van der Waals surface area (Å²) in [5.41, 5.74) is 1.17. The van der Waals surface area contributed by atoms with Gasteiger partial charge in [-0.15, -0.1) is 0 Å². The Hall–Kier alpha value is -0.780. The van der Waals surface area contributed by atoms with Gasteiger partial charge in [0.25, 0.3) is 0 Å². The Morgan fingerprint density at radius 2 is 2.24 bits per heavy atom. The molecule has 1 aromatic carbocycles. The van der Waals surface area contributed by atoms with Crippen molar-refractivity contribution in [3.8, 4) is 11.5 Å². The summed E-state index contributed by atoms with van der Waals surface area (Å²) in [6, 6.07) is 4.10. The van der Waals surface area contributed by atoms with Gasteiger partial charge in [-0.25, -0.2) is 0 Å². The number of ether oxygens (including phenoxy) is 3. The van der Waals surface area contributed by atoms with Gasteiger partial charge in [0.15, 0.2) is 11.5 Å². The first-order chi connectivity index (χ1) is 10.2. The van der Waals surface area contributed by atoms with Crippen molar-refractivity contribution in [2.75, 3.05) is 26.9 Å². The van der Waals surface area contributed by atoms with Gasteiger partial charge in [-0.1, -0.05) is 0 Å². The molecular formula is C16H24BrNO3. The minimum atomic E-state index is 0.350. The number of rotatable bonds is 8. The summed E-state index contributed by atoms with van der Waals surface area (Å²) < 4.78 is 18.2. The fourth-order valence-corrected chi connectivity index (χ4v) is 3.10. The van der Waals surface area contributed by atoms with Crippen LogP contribution in [0.2, 0.25) is 0 Å². The fraction of sp³-hybridized carbons (Fsp3) is 0.625. The monoisotopic (exact) mass is 357 g/mol. The summed E-state index contributed by atoms with van der Waals surface area (Å²) in [5.74, 6) is 1.58. The summed E-state index contributed by atoms with van der Waals surface area (Å²) in [6.07, 6.45) is 3.58. The van der Waals surface area contributed by atoms with Gasteiger partial charge in [-0.05, 0) is 60.4 Å². The third kappa shape index (κ3) is 4.87. The zero-order valence-electron chi connectivity index (χ0n) is 12.8. The van der Waals surface area contributed by atoms with Crippen LogP contribution in [0, 0.1) is 0 Å². The van der Waals surface area contributed by atoms with Crippen LogP contribution in [0.4, 0.5) is 0 Å². The van der Waals surface area contributed by atoms with Crippen LogP contribution in [0.25, 0.3) is 0 Å². The molecule has 1 aromatic rings. The molecule has 4 nitrogen and oxygen atoms in total. The molecule has 0 saturated carbocycles. The molecule has 2 rings (SSSR count). The Bertz CT molecular complexity index is 447. The number of hydrogen-bond acceptors (Lipinski definition) is 4. The second kappa shape index (κ2) is 8.61. The molecule has 1 unspecified atom stereocenters. The van der Waals surface area contributed by atoms with Crippen LogP contribution in [0.15, 0.2) is 16.6 Å². The van der Waals surface area contributed by atoms with Crippen molar-refractivity contribution in [1.82, 2.24) is 5.32 Å². The maximum absolute atomic E-state index is 5.94. The molecule has 0 amide bonds. The minimum absolute atomic E-state index is 0.350. The van der Waals surface area contributed by atoms with Crippen molar-refractivity contribution >= 4 is 15.9 Å². The Labute approximate surface area is 135 Å². The molecule has 0 spiro atoms. The number of nitrogens with one attached hydrogen (secondary N) is 1. The smallest absolute Gasteiger partial charge is 0.175 e. The van der Waals surface area contributed by atoms with Gasteiger partial charge < -0.3 is 19.5 Å². The predicted octanol–water partition coefficient (Wildman–Crippen LogP) is 3.52. The topological polar surface area (TPSA) is 39.7 Å². The van der Waals surface area contributed by atoms with E-state index in [1.165, 1.54) is 5.56 Å². The van der Waals surface area contributed by atoms with Crippen molar-refractivity contribution in [3.63, 3.8) is 0 Å². The van der Waals surface area contributed by atoms with E-state index in [1.807, 2.05) is 20.0 Å². The highest BCUT2D eigenvalue weighted by atomic mass is 79.9. The maximum atomic E-state index is 5.94. The fourth-order valence-electron chi connectivity index (χ4n) is 2.50. The van der Waals surface area contributed by atoms with Crippen molar-refractivity contribution in [2.45, 2.75) is 38.8 Å². The quantitative estimate of drug-likeness (QED) is 0.772. The van der Waals surface area contributed by atoms with E-state index < -0.39 is 0 Å². The highest BCUT2D eigenvalue weighted by Gasteiger charge is 2.17. The van der Waals surface area contributed by atoms with Gasteiger partial charge in [-0.2, -0.15) is 0 Å². The van der Waals surface area contributed by atoms with E-state index in [4.69, 9.17) is 14.2 Å². The molecule has 0 aromatic heterocycles. The molecule has 1 aliphatic heterocycles. The average Bonchev–Trinajstić information content (AvgIpc) is 2.95. The molecule has 1 atom stereocenters. The first-order valence-electron chi connectivity index (χ1n) is 7.58. The Balaban J connectivity index is 2.01. The van der Waals surface area contributed by atoms with Gasteiger partial charge in [0.05, 0.1) is 23.8 Å². The molecule has 118 valence electrons. The first-order valence-corrected chi connectivity index (χ1v) is 8.38. The lowest BCUT2D eigenvalue weighted by Crippen LogP contribution is -2.12. The van der Waals surface area contributed by atoms with Crippen molar-refractivity contribution < 1.29 is 14.2 Å². The molecule has 1 aliphatic rings. The summed E-state index contributed by atoms with van der Waals surface area (Å²) in [4.78, 5) is 0. The minimum Gasteiger partial charge on any atom is -0.490 e. The second-order valence-electron chi connectivity index (χ2n) is 5.14. The van der Waals surface area contributed by atoms with Gasteiger partial charge in [0.1, 0.15) is 0 Å².